The maximum atomic E-state index is 11.6. The van der Waals surface area contributed by atoms with Crippen molar-refractivity contribution in [3.63, 3.8) is 0 Å². The van der Waals surface area contributed by atoms with Gasteiger partial charge in [0.25, 0.3) is 5.78 Å². The number of ketones is 1. The van der Waals surface area contributed by atoms with E-state index in [9.17, 15) is 9.90 Å². The van der Waals surface area contributed by atoms with Crippen LogP contribution in [0.25, 0.3) is 5.53 Å². The van der Waals surface area contributed by atoms with E-state index in [1.807, 2.05) is 0 Å². The molecule has 1 aromatic rings. The van der Waals surface area contributed by atoms with E-state index in [-0.39, 0.29) is 0 Å². The van der Waals surface area contributed by atoms with E-state index >= 15 is 0 Å². The first-order valence-corrected chi connectivity index (χ1v) is 5.00. The van der Waals surface area contributed by atoms with E-state index in [4.69, 9.17) is 5.53 Å². The van der Waals surface area contributed by atoms with Crippen molar-refractivity contribution in [3.8, 4) is 11.8 Å². The van der Waals surface area contributed by atoms with Gasteiger partial charge in [0, 0.05) is 11.1 Å². The molecule has 0 aromatic heterocycles. The third kappa shape index (κ3) is 4.04. The highest BCUT2D eigenvalue weighted by Crippen LogP contribution is 2.08. The van der Waals surface area contributed by atoms with Crippen molar-refractivity contribution in [3.05, 3.63) is 40.9 Å². The Labute approximate surface area is 99.5 Å². The molecule has 4 heteroatoms. The molecule has 0 fully saturated rings. The van der Waals surface area contributed by atoms with E-state index in [2.05, 4.69) is 16.6 Å². The summed E-state index contributed by atoms with van der Waals surface area (Å²) in [5, 5.41) is 9.49. The predicted molar refractivity (Wildman–Crippen MR) is 63.6 cm³/mol. The highest BCUT2D eigenvalue weighted by molar-refractivity contribution is 6.34. The van der Waals surface area contributed by atoms with Crippen molar-refractivity contribution in [2.24, 2.45) is 0 Å². The fourth-order valence-electron chi connectivity index (χ4n) is 1.15. The summed E-state index contributed by atoms with van der Waals surface area (Å²) in [6.45, 7) is 3.11. The van der Waals surface area contributed by atoms with Crippen LogP contribution in [0, 0.1) is 11.8 Å². The number of rotatable bonds is 2. The monoisotopic (exact) mass is 228 g/mol. The minimum atomic E-state index is -1.12. The largest absolute Gasteiger partial charge is 0.378 e. The van der Waals surface area contributed by atoms with Gasteiger partial charge in [0.1, 0.15) is 5.60 Å². The minimum Gasteiger partial charge on any atom is -0.378 e. The molecular formula is C13H12N2O2. The van der Waals surface area contributed by atoms with Crippen LogP contribution < -0.4 is 0 Å². The molecule has 86 valence electrons. The molecule has 0 radical (unpaired) electrons. The number of carbonyl (C=O) groups is 1. The highest BCUT2D eigenvalue weighted by atomic mass is 16.3. The smallest absolute Gasteiger partial charge is 0.328 e. The zero-order valence-corrected chi connectivity index (χ0v) is 9.64. The van der Waals surface area contributed by atoms with Gasteiger partial charge >= 0.3 is 6.21 Å². The van der Waals surface area contributed by atoms with Gasteiger partial charge in [0.2, 0.25) is 0 Å². The first-order valence-electron chi connectivity index (χ1n) is 5.00. The summed E-state index contributed by atoms with van der Waals surface area (Å²) in [6, 6.07) is 6.67. The number of aliphatic hydroxyl groups is 1. The lowest BCUT2D eigenvalue weighted by Crippen LogP contribution is -2.14. The summed E-state index contributed by atoms with van der Waals surface area (Å²) >= 11 is 0. The van der Waals surface area contributed by atoms with Crippen molar-refractivity contribution in [1.29, 1.82) is 0 Å². The SMILES string of the molecule is CC(C)(O)C#Cc1ccccc1C(=O)C=[N+]=[N-]. The standard InChI is InChI=1S/C13H12N2O2/c1-13(2,17)8-7-10-5-3-4-6-11(10)12(16)9-15-14/h3-6,9,17H,1-2H3. The fraction of sp³-hybridized carbons (Fsp3) is 0.231. The van der Waals surface area contributed by atoms with E-state index in [1.54, 1.807) is 38.1 Å². The lowest BCUT2D eigenvalue weighted by molar-refractivity contribution is 0.00234. The van der Waals surface area contributed by atoms with Gasteiger partial charge in [-0.2, -0.15) is 4.79 Å². The molecule has 0 heterocycles. The molecule has 0 saturated carbocycles. The molecular weight excluding hydrogens is 216 g/mol. The number of hydrogen-bond acceptors (Lipinski definition) is 2. The van der Waals surface area contributed by atoms with Crippen molar-refractivity contribution < 1.29 is 14.7 Å². The number of benzene rings is 1. The zero-order chi connectivity index (χ0) is 12.9. The van der Waals surface area contributed by atoms with Crippen LogP contribution in [-0.4, -0.2) is 27.5 Å². The molecule has 1 aromatic carbocycles. The Morgan fingerprint density at radius 3 is 2.71 bits per heavy atom. The van der Waals surface area contributed by atoms with Crippen LogP contribution >= 0.6 is 0 Å². The van der Waals surface area contributed by atoms with Gasteiger partial charge in [-0.15, -0.1) is 0 Å². The van der Waals surface area contributed by atoms with E-state index in [1.165, 1.54) is 0 Å². The number of hydrogen-bond donors (Lipinski definition) is 1. The Hall–Kier alpha value is -2.21. The molecule has 1 rings (SSSR count). The van der Waals surface area contributed by atoms with Crippen molar-refractivity contribution in [1.82, 2.24) is 0 Å². The Bertz CT molecular complexity index is 539. The average molecular weight is 228 g/mol. The second-order valence-corrected chi connectivity index (χ2v) is 3.96. The molecule has 17 heavy (non-hydrogen) atoms. The Morgan fingerprint density at radius 2 is 2.12 bits per heavy atom. The molecule has 0 amide bonds. The molecule has 0 aliphatic rings. The van der Waals surface area contributed by atoms with Crippen LogP contribution in [0.1, 0.15) is 29.8 Å². The maximum Gasteiger partial charge on any atom is 0.328 e. The van der Waals surface area contributed by atoms with Crippen LogP contribution in [0.5, 0.6) is 0 Å². The molecule has 0 aliphatic heterocycles. The highest BCUT2D eigenvalue weighted by Gasteiger charge is 2.11. The van der Waals surface area contributed by atoms with Crippen LogP contribution in [0.15, 0.2) is 24.3 Å². The predicted octanol–water partition coefficient (Wildman–Crippen LogP) is 1.29. The quantitative estimate of drug-likeness (QED) is 0.272. The summed E-state index contributed by atoms with van der Waals surface area (Å²) in [5.74, 6) is 4.91. The lowest BCUT2D eigenvalue weighted by Gasteiger charge is -2.06. The first kappa shape index (κ1) is 12.9. The van der Waals surface area contributed by atoms with Gasteiger partial charge in [-0.05, 0) is 26.0 Å². The summed E-state index contributed by atoms with van der Waals surface area (Å²) in [4.78, 5) is 14.2. The number of nitrogens with zero attached hydrogens (tertiary/aromatic N) is 2. The van der Waals surface area contributed by atoms with Gasteiger partial charge in [-0.1, -0.05) is 24.0 Å². The van der Waals surface area contributed by atoms with Crippen LogP contribution in [0.4, 0.5) is 0 Å². The summed E-state index contributed by atoms with van der Waals surface area (Å²) in [7, 11) is 0. The van der Waals surface area contributed by atoms with Crippen molar-refractivity contribution >= 4 is 12.0 Å². The Morgan fingerprint density at radius 1 is 1.47 bits per heavy atom. The fourth-order valence-corrected chi connectivity index (χ4v) is 1.15. The molecule has 0 saturated heterocycles. The van der Waals surface area contributed by atoms with Gasteiger partial charge in [-0.25, -0.2) is 0 Å². The Kier molecular flexibility index (Phi) is 3.95. The average Bonchev–Trinajstić information content (AvgIpc) is 2.26. The first-order chi connectivity index (χ1) is 7.94. The van der Waals surface area contributed by atoms with Crippen LogP contribution in [-0.2, 0) is 0 Å². The summed E-state index contributed by atoms with van der Waals surface area (Å²) in [5.41, 5.74) is 8.02. The maximum absolute atomic E-state index is 11.6. The number of carbonyl (C=O) groups excluding carboxylic acids is 1. The number of Topliss-reactive ketones (excluding diaryl/α,β-unsaturated/α-hetero) is 1. The van der Waals surface area contributed by atoms with Gasteiger partial charge in [-0.3, -0.25) is 4.79 Å². The van der Waals surface area contributed by atoms with Crippen molar-refractivity contribution in [2.45, 2.75) is 19.4 Å². The molecule has 0 bridgehead atoms. The molecule has 0 aliphatic carbocycles. The molecule has 4 nitrogen and oxygen atoms in total. The summed E-state index contributed by atoms with van der Waals surface area (Å²) < 4.78 is 0. The molecule has 0 unspecified atom stereocenters. The second-order valence-electron chi connectivity index (χ2n) is 3.96. The topological polar surface area (TPSA) is 73.7 Å². The van der Waals surface area contributed by atoms with Crippen molar-refractivity contribution in [2.75, 3.05) is 0 Å². The van der Waals surface area contributed by atoms with E-state index < -0.39 is 11.4 Å². The molecule has 0 spiro atoms. The van der Waals surface area contributed by atoms with E-state index in [0.29, 0.717) is 11.1 Å². The zero-order valence-electron chi connectivity index (χ0n) is 9.64. The molecule has 1 N–H and O–H groups in total. The normalized spacial score (nSPS) is 9.82. The third-order valence-electron chi connectivity index (χ3n) is 1.87. The van der Waals surface area contributed by atoms with Gasteiger partial charge in [0.05, 0.1) is 0 Å². The van der Waals surface area contributed by atoms with Crippen LogP contribution in [0.3, 0.4) is 0 Å². The Balaban J connectivity index is 3.20. The molecule has 0 atom stereocenters. The van der Waals surface area contributed by atoms with E-state index in [0.717, 1.165) is 6.21 Å². The van der Waals surface area contributed by atoms with Gasteiger partial charge < -0.3 is 10.6 Å². The minimum absolute atomic E-state index is 0.335. The second kappa shape index (κ2) is 5.22. The summed E-state index contributed by atoms with van der Waals surface area (Å²) in [6.07, 6.45) is 0.810. The van der Waals surface area contributed by atoms with Crippen LogP contribution in [0.2, 0.25) is 0 Å². The third-order valence-corrected chi connectivity index (χ3v) is 1.87. The lowest BCUT2D eigenvalue weighted by atomic mass is 10.0. The van der Waals surface area contributed by atoms with Gasteiger partial charge in [0.15, 0.2) is 0 Å².